The zero-order valence-corrected chi connectivity index (χ0v) is 19.2. The Bertz CT molecular complexity index is 930. The predicted octanol–water partition coefficient (Wildman–Crippen LogP) is 3.46. The van der Waals surface area contributed by atoms with Gasteiger partial charge in [0, 0.05) is 43.4 Å². The Morgan fingerprint density at radius 2 is 2.06 bits per heavy atom. The lowest BCUT2D eigenvalue weighted by Gasteiger charge is -2.39. The number of aromatic nitrogens is 2. The summed E-state index contributed by atoms with van der Waals surface area (Å²) in [6, 6.07) is 5.66. The van der Waals surface area contributed by atoms with E-state index in [0.717, 1.165) is 43.4 Å². The van der Waals surface area contributed by atoms with E-state index in [4.69, 9.17) is 9.47 Å². The summed E-state index contributed by atoms with van der Waals surface area (Å²) in [4.78, 5) is 2.12. The maximum Gasteiger partial charge on any atom is 0.387 e. The summed E-state index contributed by atoms with van der Waals surface area (Å²) in [6.07, 6.45) is 7.46. The van der Waals surface area contributed by atoms with Crippen LogP contribution in [-0.4, -0.2) is 70.0 Å². The first-order valence-electron chi connectivity index (χ1n) is 11.5. The van der Waals surface area contributed by atoms with Crippen molar-refractivity contribution in [1.82, 2.24) is 14.7 Å². The molecular formula is C24H33F2N3O4. The molecule has 4 rings (SSSR count). The highest BCUT2D eigenvalue weighted by Crippen LogP contribution is 2.36. The van der Waals surface area contributed by atoms with Crippen LogP contribution in [0.25, 0.3) is 11.1 Å². The number of aliphatic hydroxyl groups excluding tert-OH is 1. The molecule has 1 saturated heterocycles. The van der Waals surface area contributed by atoms with Gasteiger partial charge >= 0.3 is 6.61 Å². The van der Waals surface area contributed by atoms with E-state index in [2.05, 4.69) is 10.00 Å². The molecule has 2 N–H and O–H groups in total. The van der Waals surface area contributed by atoms with E-state index in [1.165, 1.54) is 0 Å². The van der Waals surface area contributed by atoms with Crippen LogP contribution in [0.4, 0.5) is 8.78 Å². The number of ether oxygens (including phenoxy) is 2. The summed E-state index contributed by atoms with van der Waals surface area (Å²) in [6.45, 7) is 0.220. The number of hydrogen-bond acceptors (Lipinski definition) is 6. The zero-order valence-electron chi connectivity index (χ0n) is 19.2. The zero-order chi connectivity index (χ0) is 23.6. The van der Waals surface area contributed by atoms with Gasteiger partial charge in [0.15, 0.2) is 0 Å². The summed E-state index contributed by atoms with van der Waals surface area (Å²) < 4.78 is 38.5. The molecular weight excluding hydrogens is 432 g/mol. The van der Waals surface area contributed by atoms with E-state index in [-0.39, 0.29) is 24.4 Å². The van der Waals surface area contributed by atoms with E-state index >= 15 is 0 Å². The minimum atomic E-state index is -2.92. The van der Waals surface area contributed by atoms with Gasteiger partial charge in [0.25, 0.3) is 0 Å². The molecule has 0 radical (unpaired) electrons. The van der Waals surface area contributed by atoms with E-state index in [0.29, 0.717) is 24.7 Å². The number of nitrogens with zero attached hydrogens (tertiary/aromatic N) is 3. The molecule has 0 amide bonds. The van der Waals surface area contributed by atoms with Crippen LogP contribution in [0.1, 0.15) is 44.2 Å². The van der Waals surface area contributed by atoms with Gasteiger partial charge in [-0.1, -0.05) is 12.1 Å². The Balaban J connectivity index is 1.50. The fourth-order valence-corrected chi connectivity index (χ4v) is 4.78. The summed E-state index contributed by atoms with van der Waals surface area (Å²) in [5, 5.41) is 24.4. The lowest BCUT2D eigenvalue weighted by atomic mass is 9.83. The van der Waals surface area contributed by atoms with Crippen LogP contribution in [0.15, 0.2) is 30.6 Å². The second kappa shape index (κ2) is 10.0. The van der Waals surface area contributed by atoms with Crippen LogP contribution < -0.4 is 4.74 Å². The first-order chi connectivity index (χ1) is 15.8. The Labute approximate surface area is 192 Å². The van der Waals surface area contributed by atoms with Gasteiger partial charge in [-0.25, -0.2) is 0 Å². The van der Waals surface area contributed by atoms with Crippen LogP contribution >= 0.6 is 0 Å². The van der Waals surface area contributed by atoms with Crippen molar-refractivity contribution in [3.8, 4) is 16.9 Å². The van der Waals surface area contributed by atoms with Crippen molar-refractivity contribution >= 4 is 0 Å². The average molecular weight is 466 g/mol. The van der Waals surface area contributed by atoms with Gasteiger partial charge in [0.05, 0.1) is 30.6 Å². The molecule has 2 fully saturated rings. The molecule has 2 aromatic rings. The Hall–Kier alpha value is -2.07. The summed E-state index contributed by atoms with van der Waals surface area (Å²) in [5.41, 5.74) is 1.12. The van der Waals surface area contributed by atoms with Gasteiger partial charge in [-0.05, 0) is 50.8 Å². The highest BCUT2D eigenvalue weighted by atomic mass is 19.3. The number of alkyl halides is 2. The Morgan fingerprint density at radius 1 is 1.27 bits per heavy atom. The molecule has 1 aliphatic carbocycles. The lowest BCUT2D eigenvalue weighted by molar-refractivity contribution is -0.0702. The molecule has 1 aromatic carbocycles. The second-order valence-corrected chi connectivity index (χ2v) is 9.48. The quantitative estimate of drug-likeness (QED) is 0.591. The number of rotatable bonds is 9. The third kappa shape index (κ3) is 5.54. The molecule has 33 heavy (non-hydrogen) atoms. The van der Waals surface area contributed by atoms with Crippen molar-refractivity contribution in [1.29, 1.82) is 0 Å². The molecule has 7 nitrogen and oxygen atoms in total. The van der Waals surface area contributed by atoms with E-state index < -0.39 is 12.2 Å². The summed E-state index contributed by atoms with van der Waals surface area (Å²) in [7, 11) is 1.71. The van der Waals surface area contributed by atoms with Gasteiger partial charge in [-0.3, -0.25) is 9.58 Å². The first-order valence-corrected chi connectivity index (χ1v) is 11.5. The standard InChI is InChI=1S/C24H33F2N3O4/c1-24(31,15-30)19-4-3-7-28(14-19)12-17-6-5-16(8-22(17)33-23(25)26)18-11-27-29(13-18)20-9-21(10-20)32-2/h5-6,8,11,13,19-21,23,30-31H,3-4,7,9-10,12,14-15H2,1-2H3/t19-,20?,21?,24+/m0/s1. The van der Waals surface area contributed by atoms with Crippen molar-refractivity contribution in [2.24, 2.45) is 5.92 Å². The van der Waals surface area contributed by atoms with E-state index in [9.17, 15) is 19.0 Å². The van der Waals surface area contributed by atoms with E-state index in [1.54, 1.807) is 26.3 Å². The lowest BCUT2D eigenvalue weighted by Crippen LogP contribution is -2.47. The van der Waals surface area contributed by atoms with Gasteiger partial charge in [-0.2, -0.15) is 13.9 Å². The molecule has 2 heterocycles. The van der Waals surface area contributed by atoms with Crippen LogP contribution in [-0.2, 0) is 11.3 Å². The molecule has 1 saturated carbocycles. The Kier molecular flexibility index (Phi) is 7.33. The van der Waals surface area contributed by atoms with Crippen molar-refractivity contribution in [3.05, 3.63) is 36.2 Å². The maximum atomic E-state index is 13.2. The fourth-order valence-electron chi connectivity index (χ4n) is 4.78. The largest absolute Gasteiger partial charge is 0.434 e. The SMILES string of the molecule is COC1CC(n2cc(-c3ccc(CN4CCC[C@H]([C@](C)(O)CO)C4)c(OC(F)F)c3)cn2)C1. The smallest absolute Gasteiger partial charge is 0.387 e. The summed E-state index contributed by atoms with van der Waals surface area (Å²) >= 11 is 0. The third-order valence-electron chi connectivity index (χ3n) is 7.09. The molecule has 9 heteroatoms. The number of piperidine rings is 1. The maximum absolute atomic E-state index is 13.2. The minimum Gasteiger partial charge on any atom is -0.434 e. The number of hydrogen-bond donors (Lipinski definition) is 2. The number of likely N-dealkylation sites (tertiary alicyclic amines) is 1. The Morgan fingerprint density at radius 3 is 2.76 bits per heavy atom. The normalized spacial score (nSPS) is 25.6. The molecule has 2 atom stereocenters. The predicted molar refractivity (Wildman–Crippen MR) is 119 cm³/mol. The topological polar surface area (TPSA) is 80.0 Å². The second-order valence-electron chi connectivity index (χ2n) is 9.48. The van der Waals surface area contributed by atoms with Crippen LogP contribution in [0.3, 0.4) is 0 Å². The molecule has 0 unspecified atom stereocenters. The fraction of sp³-hybridized carbons (Fsp3) is 0.625. The van der Waals surface area contributed by atoms with Crippen molar-refractivity contribution < 1.29 is 28.5 Å². The molecule has 0 bridgehead atoms. The molecule has 0 spiro atoms. The number of methoxy groups -OCH3 is 1. The highest BCUT2D eigenvalue weighted by Gasteiger charge is 2.35. The van der Waals surface area contributed by atoms with Gasteiger partial charge < -0.3 is 19.7 Å². The van der Waals surface area contributed by atoms with Crippen molar-refractivity contribution in [2.75, 3.05) is 26.8 Å². The average Bonchev–Trinajstić information content (AvgIpc) is 3.24. The molecule has 1 aliphatic heterocycles. The van der Waals surface area contributed by atoms with E-state index in [1.807, 2.05) is 23.0 Å². The highest BCUT2D eigenvalue weighted by molar-refractivity contribution is 5.64. The van der Waals surface area contributed by atoms with Gasteiger partial charge in [-0.15, -0.1) is 0 Å². The minimum absolute atomic E-state index is 0.0787. The summed E-state index contributed by atoms with van der Waals surface area (Å²) in [5.74, 6) is 0.0689. The van der Waals surface area contributed by atoms with Gasteiger partial charge in [0.2, 0.25) is 0 Å². The van der Waals surface area contributed by atoms with Crippen molar-refractivity contribution in [2.45, 2.75) is 63.5 Å². The molecule has 2 aliphatic rings. The first kappa shape index (κ1) is 24.1. The van der Waals surface area contributed by atoms with Crippen LogP contribution in [0, 0.1) is 5.92 Å². The van der Waals surface area contributed by atoms with Crippen molar-refractivity contribution in [3.63, 3.8) is 0 Å². The van der Waals surface area contributed by atoms with Crippen LogP contribution in [0.2, 0.25) is 0 Å². The monoisotopic (exact) mass is 465 g/mol. The third-order valence-corrected chi connectivity index (χ3v) is 7.09. The number of aliphatic hydroxyl groups is 2. The van der Waals surface area contributed by atoms with Crippen LogP contribution in [0.5, 0.6) is 5.75 Å². The molecule has 1 aromatic heterocycles. The van der Waals surface area contributed by atoms with Gasteiger partial charge in [0.1, 0.15) is 5.75 Å². The number of halogens is 2. The molecule has 182 valence electrons. The number of benzene rings is 1.